The minimum Gasteiger partial charge on any atom is -0.329 e. The number of nitrogens with two attached hydrogens (primary N) is 1. The standard InChI is InChI=1S/C9H12BrClN2O2S/c1-6(5-12)13-16(14,15)8-4-2-3-7(10)9(8)11/h2-4,6,13H,5,12H2,1H3/t6-/m1/s1. The van der Waals surface area contributed by atoms with E-state index in [1.165, 1.54) is 6.07 Å². The van der Waals surface area contributed by atoms with Crippen LogP contribution >= 0.6 is 27.5 Å². The molecule has 0 bridgehead atoms. The summed E-state index contributed by atoms with van der Waals surface area (Å²) < 4.78 is 26.8. The number of nitrogens with one attached hydrogen (secondary N) is 1. The van der Waals surface area contributed by atoms with Crippen LogP contribution in [0.1, 0.15) is 6.92 Å². The van der Waals surface area contributed by atoms with Gasteiger partial charge >= 0.3 is 0 Å². The second-order valence-electron chi connectivity index (χ2n) is 3.31. The molecule has 0 saturated carbocycles. The lowest BCUT2D eigenvalue weighted by atomic mass is 10.4. The molecule has 0 saturated heterocycles. The average Bonchev–Trinajstić information content (AvgIpc) is 2.21. The van der Waals surface area contributed by atoms with Gasteiger partial charge in [-0.2, -0.15) is 0 Å². The topological polar surface area (TPSA) is 72.2 Å². The van der Waals surface area contributed by atoms with Crippen LogP contribution in [0.25, 0.3) is 0 Å². The summed E-state index contributed by atoms with van der Waals surface area (Å²) in [6, 6.07) is 4.39. The molecule has 0 amide bonds. The molecule has 4 nitrogen and oxygen atoms in total. The van der Waals surface area contributed by atoms with E-state index in [1.54, 1.807) is 19.1 Å². The Morgan fingerprint density at radius 2 is 2.19 bits per heavy atom. The molecule has 16 heavy (non-hydrogen) atoms. The minimum atomic E-state index is -3.62. The van der Waals surface area contributed by atoms with Crippen molar-refractivity contribution in [1.82, 2.24) is 4.72 Å². The third kappa shape index (κ3) is 3.18. The quantitative estimate of drug-likeness (QED) is 0.884. The number of rotatable bonds is 4. The predicted molar refractivity (Wildman–Crippen MR) is 68.0 cm³/mol. The van der Waals surface area contributed by atoms with Gasteiger partial charge in [0.25, 0.3) is 0 Å². The Morgan fingerprint density at radius 1 is 1.56 bits per heavy atom. The number of hydrogen-bond acceptors (Lipinski definition) is 3. The molecule has 0 aliphatic rings. The van der Waals surface area contributed by atoms with Crippen LogP contribution in [0.4, 0.5) is 0 Å². The molecule has 0 aliphatic heterocycles. The van der Waals surface area contributed by atoms with Crippen molar-refractivity contribution in [3.8, 4) is 0 Å². The third-order valence-electron chi connectivity index (χ3n) is 1.92. The Labute approximate surface area is 108 Å². The maximum Gasteiger partial charge on any atom is 0.242 e. The van der Waals surface area contributed by atoms with E-state index < -0.39 is 10.0 Å². The van der Waals surface area contributed by atoms with E-state index in [2.05, 4.69) is 20.7 Å². The summed E-state index contributed by atoms with van der Waals surface area (Å²) in [5.74, 6) is 0. The van der Waals surface area contributed by atoms with E-state index in [0.717, 1.165) is 0 Å². The molecule has 7 heteroatoms. The van der Waals surface area contributed by atoms with Crippen LogP contribution in [0, 0.1) is 0 Å². The molecule has 0 heterocycles. The number of benzene rings is 1. The van der Waals surface area contributed by atoms with Crippen LogP contribution in [0.15, 0.2) is 27.6 Å². The summed E-state index contributed by atoms with van der Waals surface area (Å²) in [5, 5.41) is 0.166. The number of sulfonamides is 1. The second-order valence-corrected chi connectivity index (χ2v) is 6.22. The molecular formula is C9H12BrClN2O2S. The van der Waals surface area contributed by atoms with E-state index >= 15 is 0 Å². The Morgan fingerprint density at radius 3 is 2.75 bits per heavy atom. The molecule has 3 N–H and O–H groups in total. The van der Waals surface area contributed by atoms with E-state index in [-0.39, 0.29) is 22.5 Å². The molecule has 1 aromatic rings. The fraction of sp³-hybridized carbons (Fsp3) is 0.333. The van der Waals surface area contributed by atoms with Gasteiger partial charge in [-0.05, 0) is 35.0 Å². The molecule has 0 fully saturated rings. The predicted octanol–water partition coefficient (Wildman–Crippen LogP) is 1.73. The summed E-state index contributed by atoms with van der Waals surface area (Å²) in [7, 11) is -3.62. The monoisotopic (exact) mass is 326 g/mol. The van der Waals surface area contributed by atoms with Gasteiger partial charge in [0.2, 0.25) is 10.0 Å². The summed E-state index contributed by atoms with van der Waals surface area (Å²) in [6.45, 7) is 1.91. The highest BCUT2D eigenvalue weighted by Gasteiger charge is 2.20. The van der Waals surface area contributed by atoms with Crippen molar-refractivity contribution in [1.29, 1.82) is 0 Å². The first-order valence-electron chi connectivity index (χ1n) is 4.55. The molecule has 1 aromatic carbocycles. The van der Waals surface area contributed by atoms with Crippen LogP contribution in [0.5, 0.6) is 0 Å². The maximum atomic E-state index is 11.9. The van der Waals surface area contributed by atoms with Crippen molar-refractivity contribution < 1.29 is 8.42 Å². The van der Waals surface area contributed by atoms with Crippen molar-refractivity contribution in [3.05, 3.63) is 27.7 Å². The lowest BCUT2D eigenvalue weighted by Crippen LogP contribution is -2.37. The molecule has 1 rings (SSSR count). The van der Waals surface area contributed by atoms with Crippen LogP contribution in [0.2, 0.25) is 5.02 Å². The summed E-state index contributed by atoms with van der Waals surface area (Å²) in [6.07, 6.45) is 0. The zero-order valence-electron chi connectivity index (χ0n) is 8.57. The van der Waals surface area contributed by atoms with E-state index in [0.29, 0.717) is 4.47 Å². The van der Waals surface area contributed by atoms with Gasteiger partial charge in [0.1, 0.15) is 4.90 Å². The summed E-state index contributed by atoms with van der Waals surface area (Å²) >= 11 is 9.08. The minimum absolute atomic E-state index is 0.0452. The molecule has 0 unspecified atom stereocenters. The van der Waals surface area contributed by atoms with Crippen molar-refractivity contribution in [2.45, 2.75) is 17.9 Å². The van der Waals surface area contributed by atoms with Gasteiger partial charge < -0.3 is 5.73 Å². The second kappa shape index (κ2) is 5.46. The van der Waals surface area contributed by atoms with Gasteiger partial charge in [-0.1, -0.05) is 17.7 Å². The van der Waals surface area contributed by atoms with Crippen molar-refractivity contribution >= 4 is 37.6 Å². The average molecular weight is 328 g/mol. The first-order valence-corrected chi connectivity index (χ1v) is 7.20. The Kier molecular flexibility index (Phi) is 4.75. The van der Waals surface area contributed by atoms with E-state index in [4.69, 9.17) is 17.3 Å². The first-order chi connectivity index (χ1) is 7.38. The Hall–Kier alpha value is -0.140. The van der Waals surface area contributed by atoms with Gasteiger partial charge in [0.05, 0.1) is 5.02 Å². The fourth-order valence-electron chi connectivity index (χ4n) is 1.07. The summed E-state index contributed by atoms with van der Waals surface area (Å²) in [5.41, 5.74) is 5.36. The third-order valence-corrected chi connectivity index (χ3v) is 4.96. The number of hydrogen-bond donors (Lipinski definition) is 2. The molecule has 0 spiro atoms. The number of halogens is 2. The highest BCUT2D eigenvalue weighted by molar-refractivity contribution is 9.10. The van der Waals surface area contributed by atoms with Gasteiger partial charge in [-0.15, -0.1) is 0 Å². The lowest BCUT2D eigenvalue weighted by Gasteiger charge is -2.13. The smallest absolute Gasteiger partial charge is 0.242 e. The van der Waals surface area contributed by atoms with Crippen LogP contribution < -0.4 is 10.5 Å². The fourth-order valence-corrected chi connectivity index (χ4v) is 3.35. The highest BCUT2D eigenvalue weighted by atomic mass is 79.9. The zero-order valence-corrected chi connectivity index (χ0v) is 11.7. The molecule has 1 atom stereocenters. The SMILES string of the molecule is C[C@H](CN)NS(=O)(=O)c1cccc(Br)c1Cl. The van der Waals surface area contributed by atoms with Gasteiger partial charge in [0.15, 0.2) is 0 Å². The molecular weight excluding hydrogens is 316 g/mol. The zero-order chi connectivity index (χ0) is 12.3. The van der Waals surface area contributed by atoms with Crippen LogP contribution in [0.3, 0.4) is 0 Å². The molecule has 0 radical (unpaired) electrons. The van der Waals surface area contributed by atoms with Gasteiger partial charge in [-0.3, -0.25) is 0 Å². The molecule has 90 valence electrons. The maximum absolute atomic E-state index is 11.9. The largest absolute Gasteiger partial charge is 0.329 e. The highest BCUT2D eigenvalue weighted by Crippen LogP contribution is 2.29. The van der Waals surface area contributed by atoms with Crippen molar-refractivity contribution in [2.75, 3.05) is 6.54 Å². The van der Waals surface area contributed by atoms with Gasteiger partial charge in [0, 0.05) is 17.1 Å². The van der Waals surface area contributed by atoms with Crippen LogP contribution in [-0.4, -0.2) is 21.0 Å². The first kappa shape index (κ1) is 13.9. The van der Waals surface area contributed by atoms with Crippen LogP contribution in [-0.2, 0) is 10.0 Å². The van der Waals surface area contributed by atoms with Crippen molar-refractivity contribution in [3.63, 3.8) is 0 Å². The molecule has 0 aromatic heterocycles. The normalized spacial score (nSPS) is 13.8. The van der Waals surface area contributed by atoms with E-state index in [1.807, 2.05) is 0 Å². The van der Waals surface area contributed by atoms with Gasteiger partial charge in [-0.25, -0.2) is 13.1 Å². The van der Waals surface area contributed by atoms with E-state index in [9.17, 15) is 8.42 Å². The van der Waals surface area contributed by atoms with Crippen molar-refractivity contribution in [2.24, 2.45) is 5.73 Å². The molecule has 0 aliphatic carbocycles. The lowest BCUT2D eigenvalue weighted by molar-refractivity contribution is 0.562. The Bertz CT molecular complexity index is 478. The Balaban J connectivity index is 3.13. The summed E-state index contributed by atoms with van der Waals surface area (Å²) in [4.78, 5) is 0.0452.